The number of rotatable bonds is 1. The topological polar surface area (TPSA) is 44.1 Å². The molecular weight excluding hydrogens is 159 g/mol. The van der Waals surface area contributed by atoms with E-state index in [1.165, 1.54) is 0 Å². The predicted molar refractivity (Wildman–Crippen MR) is 44.9 cm³/mol. The number of hydrogen-bond donors (Lipinski definition) is 0. The van der Waals surface area contributed by atoms with Crippen molar-refractivity contribution >= 4 is 15.1 Å². The molecule has 2 unspecified atom stereocenters. The van der Waals surface area contributed by atoms with Crippen LogP contribution in [0.5, 0.6) is 0 Å². The summed E-state index contributed by atoms with van der Waals surface area (Å²) < 4.78 is 0. The first-order valence-corrected chi connectivity index (χ1v) is 4.50. The van der Waals surface area contributed by atoms with E-state index in [-0.39, 0.29) is 11.9 Å². The standard InChI is InChI=1S/C7H11N2OP/c8-4-6-2-1-3-9(6)7(10)5-11/h6H,1-3,5,11H2. The van der Waals surface area contributed by atoms with Gasteiger partial charge >= 0.3 is 0 Å². The molecule has 1 aliphatic heterocycles. The SMILES string of the molecule is N#CC1CCCN1C(=O)CP. The summed E-state index contributed by atoms with van der Waals surface area (Å²) in [6, 6.07) is 1.96. The van der Waals surface area contributed by atoms with Crippen molar-refractivity contribution in [1.82, 2.24) is 4.90 Å². The van der Waals surface area contributed by atoms with Gasteiger partial charge in [-0.15, -0.1) is 9.24 Å². The molecule has 0 aromatic rings. The molecule has 1 saturated heterocycles. The Kier molecular flexibility index (Phi) is 2.84. The first-order valence-electron chi connectivity index (χ1n) is 3.68. The lowest BCUT2D eigenvalue weighted by Crippen LogP contribution is -2.35. The molecule has 1 amide bonds. The number of carbonyl (C=O) groups is 1. The maximum absolute atomic E-state index is 11.1. The van der Waals surface area contributed by atoms with E-state index in [1.807, 2.05) is 0 Å². The summed E-state index contributed by atoms with van der Waals surface area (Å²) in [4.78, 5) is 12.8. The van der Waals surface area contributed by atoms with Gasteiger partial charge in [0, 0.05) is 12.7 Å². The summed E-state index contributed by atoms with van der Waals surface area (Å²) in [5.74, 6) is 0.0686. The average Bonchev–Trinajstić information content (AvgIpc) is 2.50. The van der Waals surface area contributed by atoms with Crippen LogP contribution in [0.15, 0.2) is 0 Å². The number of hydrogen-bond acceptors (Lipinski definition) is 2. The number of carbonyl (C=O) groups excluding carboxylic acids is 1. The Hall–Kier alpha value is -0.610. The zero-order chi connectivity index (χ0) is 8.27. The van der Waals surface area contributed by atoms with Crippen molar-refractivity contribution in [2.75, 3.05) is 12.7 Å². The molecule has 0 aromatic heterocycles. The van der Waals surface area contributed by atoms with E-state index >= 15 is 0 Å². The fourth-order valence-electron chi connectivity index (χ4n) is 1.32. The van der Waals surface area contributed by atoms with E-state index < -0.39 is 0 Å². The van der Waals surface area contributed by atoms with Crippen LogP contribution in [0, 0.1) is 11.3 Å². The van der Waals surface area contributed by atoms with Crippen molar-refractivity contribution in [3.63, 3.8) is 0 Å². The highest BCUT2D eigenvalue weighted by Gasteiger charge is 2.26. The van der Waals surface area contributed by atoms with Gasteiger partial charge in [0.1, 0.15) is 6.04 Å². The molecule has 0 bridgehead atoms. The summed E-state index contributed by atoms with van der Waals surface area (Å²) in [7, 11) is 2.39. The van der Waals surface area contributed by atoms with Crippen LogP contribution in [0.2, 0.25) is 0 Å². The fourth-order valence-corrected chi connectivity index (χ4v) is 1.55. The van der Waals surface area contributed by atoms with Gasteiger partial charge in [0.15, 0.2) is 0 Å². The molecule has 1 rings (SSSR count). The number of likely N-dealkylation sites (tertiary alicyclic amines) is 1. The lowest BCUT2D eigenvalue weighted by molar-refractivity contribution is -0.128. The second kappa shape index (κ2) is 3.69. The van der Waals surface area contributed by atoms with Crippen molar-refractivity contribution in [1.29, 1.82) is 5.26 Å². The van der Waals surface area contributed by atoms with Crippen molar-refractivity contribution in [3.8, 4) is 6.07 Å². The number of nitriles is 1. The molecule has 1 fully saturated rings. The molecule has 4 heteroatoms. The van der Waals surface area contributed by atoms with Crippen LogP contribution in [0.3, 0.4) is 0 Å². The lowest BCUT2D eigenvalue weighted by atomic mass is 10.2. The Balaban J connectivity index is 2.58. The van der Waals surface area contributed by atoms with E-state index in [2.05, 4.69) is 15.3 Å². The highest BCUT2D eigenvalue weighted by Crippen LogP contribution is 2.16. The molecule has 2 atom stereocenters. The lowest BCUT2D eigenvalue weighted by Gasteiger charge is -2.17. The van der Waals surface area contributed by atoms with E-state index in [0.717, 1.165) is 19.4 Å². The largest absolute Gasteiger partial charge is 0.326 e. The first-order chi connectivity index (χ1) is 5.29. The molecule has 60 valence electrons. The van der Waals surface area contributed by atoms with Gasteiger partial charge in [-0.1, -0.05) is 0 Å². The van der Waals surface area contributed by atoms with Crippen LogP contribution in [-0.4, -0.2) is 29.6 Å². The van der Waals surface area contributed by atoms with Crippen LogP contribution in [0.1, 0.15) is 12.8 Å². The number of nitrogens with zero attached hydrogens (tertiary/aromatic N) is 2. The van der Waals surface area contributed by atoms with Gasteiger partial charge in [0.05, 0.1) is 6.07 Å². The third kappa shape index (κ3) is 1.70. The predicted octanol–water partition coefficient (Wildman–Crippen LogP) is 0.376. The molecule has 0 saturated carbocycles. The Morgan fingerprint density at radius 2 is 2.55 bits per heavy atom. The van der Waals surface area contributed by atoms with Crippen LogP contribution in [0.25, 0.3) is 0 Å². The zero-order valence-corrected chi connectivity index (χ0v) is 7.44. The van der Waals surface area contributed by atoms with Crippen LogP contribution in [-0.2, 0) is 4.79 Å². The third-order valence-electron chi connectivity index (χ3n) is 1.90. The van der Waals surface area contributed by atoms with Gasteiger partial charge in [-0.25, -0.2) is 0 Å². The Morgan fingerprint density at radius 1 is 1.82 bits per heavy atom. The summed E-state index contributed by atoms with van der Waals surface area (Å²) in [6.45, 7) is 0.755. The summed E-state index contributed by atoms with van der Waals surface area (Å²) in [5, 5.41) is 8.63. The number of amides is 1. The van der Waals surface area contributed by atoms with Gasteiger partial charge < -0.3 is 4.90 Å². The van der Waals surface area contributed by atoms with Gasteiger partial charge in [0.25, 0.3) is 0 Å². The minimum atomic E-state index is -0.164. The van der Waals surface area contributed by atoms with Crippen molar-refractivity contribution < 1.29 is 4.79 Å². The molecule has 0 aromatic carbocycles. The van der Waals surface area contributed by atoms with Gasteiger partial charge in [0.2, 0.25) is 5.91 Å². The third-order valence-corrected chi connectivity index (χ3v) is 2.25. The monoisotopic (exact) mass is 170 g/mol. The maximum atomic E-state index is 11.1. The van der Waals surface area contributed by atoms with E-state index in [0.29, 0.717) is 6.16 Å². The van der Waals surface area contributed by atoms with Gasteiger partial charge in [-0.05, 0) is 12.8 Å². The molecule has 1 heterocycles. The van der Waals surface area contributed by atoms with Crippen molar-refractivity contribution in [2.45, 2.75) is 18.9 Å². The van der Waals surface area contributed by atoms with Crippen molar-refractivity contribution in [2.24, 2.45) is 0 Å². The van der Waals surface area contributed by atoms with Crippen LogP contribution in [0.4, 0.5) is 0 Å². The Bertz CT molecular complexity index is 199. The second-order valence-electron chi connectivity index (χ2n) is 2.58. The van der Waals surface area contributed by atoms with E-state index in [9.17, 15) is 4.79 Å². The summed E-state index contributed by atoms with van der Waals surface area (Å²) >= 11 is 0. The highest BCUT2D eigenvalue weighted by atomic mass is 31.0. The normalized spacial score (nSPS) is 23.3. The molecule has 1 aliphatic rings. The zero-order valence-electron chi connectivity index (χ0n) is 6.29. The van der Waals surface area contributed by atoms with Crippen LogP contribution >= 0.6 is 9.24 Å². The molecule has 3 nitrogen and oxygen atoms in total. The highest BCUT2D eigenvalue weighted by molar-refractivity contribution is 7.18. The maximum Gasteiger partial charge on any atom is 0.227 e. The van der Waals surface area contributed by atoms with E-state index in [1.54, 1.807) is 4.90 Å². The molecule has 0 N–H and O–H groups in total. The molecule has 0 radical (unpaired) electrons. The smallest absolute Gasteiger partial charge is 0.227 e. The first kappa shape index (κ1) is 8.49. The quantitative estimate of drug-likeness (QED) is 0.534. The molecular formula is C7H11N2OP. The fraction of sp³-hybridized carbons (Fsp3) is 0.714. The second-order valence-corrected chi connectivity index (χ2v) is 2.99. The minimum absolute atomic E-state index is 0.0686. The summed E-state index contributed by atoms with van der Waals surface area (Å²) in [6.07, 6.45) is 2.24. The average molecular weight is 170 g/mol. The minimum Gasteiger partial charge on any atom is -0.326 e. The molecule has 11 heavy (non-hydrogen) atoms. The van der Waals surface area contributed by atoms with Crippen molar-refractivity contribution in [3.05, 3.63) is 0 Å². The Labute approximate surface area is 68.6 Å². The Morgan fingerprint density at radius 3 is 3.09 bits per heavy atom. The van der Waals surface area contributed by atoms with Crippen LogP contribution < -0.4 is 0 Å². The van der Waals surface area contributed by atoms with Gasteiger partial charge in [-0.3, -0.25) is 4.79 Å². The van der Waals surface area contributed by atoms with E-state index in [4.69, 9.17) is 5.26 Å². The molecule has 0 spiro atoms. The summed E-state index contributed by atoms with van der Waals surface area (Å²) in [5.41, 5.74) is 0. The van der Waals surface area contributed by atoms with Gasteiger partial charge in [-0.2, -0.15) is 5.26 Å². The molecule has 0 aliphatic carbocycles.